The number of fused-ring (bicyclic) bond motifs is 1. The smallest absolute Gasteiger partial charge is 0.271 e. The van der Waals surface area contributed by atoms with Crippen LogP contribution in [0, 0.1) is 0 Å². The van der Waals surface area contributed by atoms with E-state index in [9.17, 15) is 13.2 Å². The van der Waals surface area contributed by atoms with Crippen LogP contribution in [-0.2, 0) is 16.4 Å². The van der Waals surface area contributed by atoms with Gasteiger partial charge in [0.1, 0.15) is 0 Å². The van der Waals surface area contributed by atoms with Gasteiger partial charge in [-0.3, -0.25) is 9.52 Å². The zero-order valence-corrected chi connectivity index (χ0v) is 18.1. The quantitative estimate of drug-likeness (QED) is 0.553. The summed E-state index contributed by atoms with van der Waals surface area (Å²) in [6.45, 7) is 0. The molecule has 0 bridgehead atoms. The van der Waals surface area contributed by atoms with Crippen molar-refractivity contribution in [3.05, 3.63) is 94.5 Å². The first kappa shape index (κ1) is 21.1. The highest BCUT2D eigenvalue weighted by molar-refractivity contribution is 7.92. The molecule has 0 fully saturated rings. The molecule has 0 atom stereocenters. The van der Waals surface area contributed by atoms with Crippen LogP contribution in [0.3, 0.4) is 0 Å². The van der Waals surface area contributed by atoms with Crippen molar-refractivity contribution in [1.82, 2.24) is 5.43 Å². The van der Waals surface area contributed by atoms with Crippen LogP contribution in [0.2, 0.25) is 5.02 Å². The average Bonchev–Trinajstić information content (AvgIpc) is 2.79. The van der Waals surface area contributed by atoms with E-state index in [1.54, 1.807) is 30.3 Å². The van der Waals surface area contributed by atoms with Gasteiger partial charge < -0.3 is 0 Å². The third kappa shape index (κ3) is 4.95. The highest BCUT2D eigenvalue weighted by Gasteiger charge is 2.18. The van der Waals surface area contributed by atoms with Crippen molar-refractivity contribution < 1.29 is 13.2 Å². The Morgan fingerprint density at radius 2 is 1.71 bits per heavy atom. The molecule has 3 aromatic rings. The van der Waals surface area contributed by atoms with E-state index in [1.165, 1.54) is 23.8 Å². The third-order valence-corrected chi connectivity index (χ3v) is 6.61. The number of sulfonamides is 1. The molecule has 8 heteroatoms. The lowest BCUT2D eigenvalue weighted by Gasteiger charge is -2.17. The number of rotatable bonds is 5. The molecule has 0 unspecified atom stereocenters. The molecule has 0 spiro atoms. The highest BCUT2D eigenvalue weighted by atomic mass is 35.5. The lowest BCUT2D eigenvalue weighted by Crippen LogP contribution is -2.22. The Morgan fingerprint density at radius 3 is 2.52 bits per heavy atom. The predicted octanol–water partition coefficient (Wildman–Crippen LogP) is 4.61. The maximum Gasteiger partial charge on any atom is 0.271 e. The van der Waals surface area contributed by atoms with Gasteiger partial charge in [-0.25, -0.2) is 13.8 Å². The first-order valence-corrected chi connectivity index (χ1v) is 11.6. The number of carbonyl (C=O) groups is 1. The monoisotopic (exact) mass is 453 g/mol. The normalized spacial score (nSPS) is 14.7. The van der Waals surface area contributed by atoms with Gasteiger partial charge in [-0.15, -0.1) is 0 Å². The minimum Gasteiger partial charge on any atom is -0.280 e. The first-order chi connectivity index (χ1) is 14.9. The number of carbonyl (C=O) groups excluding carboxylic acids is 1. The number of halogens is 1. The summed E-state index contributed by atoms with van der Waals surface area (Å²) in [6, 6.07) is 20.1. The van der Waals surface area contributed by atoms with E-state index in [0.29, 0.717) is 10.7 Å². The summed E-state index contributed by atoms with van der Waals surface area (Å²) < 4.78 is 27.9. The number of anilines is 1. The minimum atomic E-state index is -3.87. The number of nitrogens with zero attached hydrogens (tertiary/aromatic N) is 1. The molecular formula is C23H20ClN3O3S. The third-order valence-electron chi connectivity index (χ3n) is 4.98. The van der Waals surface area contributed by atoms with Crippen LogP contribution in [0.4, 0.5) is 5.69 Å². The van der Waals surface area contributed by atoms with Crippen molar-refractivity contribution >= 4 is 38.9 Å². The molecule has 6 nitrogen and oxygen atoms in total. The summed E-state index contributed by atoms with van der Waals surface area (Å²) in [6.07, 6.45) is 2.73. The van der Waals surface area contributed by atoms with E-state index >= 15 is 0 Å². The largest absolute Gasteiger partial charge is 0.280 e. The first-order valence-electron chi connectivity index (χ1n) is 9.76. The summed E-state index contributed by atoms with van der Waals surface area (Å²) in [4.78, 5) is 12.6. The molecule has 0 radical (unpaired) electrons. The molecule has 4 rings (SSSR count). The summed E-state index contributed by atoms with van der Waals surface area (Å²) in [5.74, 6) is -0.473. The predicted molar refractivity (Wildman–Crippen MR) is 122 cm³/mol. The van der Waals surface area contributed by atoms with Crippen molar-refractivity contribution in [2.45, 2.75) is 24.2 Å². The zero-order chi connectivity index (χ0) is 21.8. The van der Waals surface area contributed by atoms with Gasteiger partial charge in [0, 0.05) is 21.8 Å². The Hall–Kier alpha value is -3.16. The Bertz CT molecular complexity index is 1260. The number of benzene rings is 3. The Kier molecular flexibility index (Phi) is 6.06. The average molecular weight is 454 g/mol. The maximum absolute atomic E-state index is 12.7. The van der Waals surface area contributed by atoms with E-state index < -0.39 is 15.9 Å². The van der Waals surface area contributed by atoms with E-state index in [0.717, 1.165) is 30.5 Å². The molecule has 0 saturated carbocycles. The Balaban J connectivity index is 1.52. The number of hydrogen-bond donors (Lipinski definition) is 2. The fourth-order valence-corrected chi connectivity index (χ4v) is 4.67. The summed E-state index contributed by atoms with van der Waals surface area (Å²) in [7, 11) is -3.87. The van der Waals surface area contributed by atoms with Crippen molar-refractivity contribution in [1.29, 1.82) is 0 Å². The van der Waals surface area contributed by atoms with Crippen LogP contribution in [0.5, 0.6) is 0 Å². The number of amides is 1. The Morgan fingerprint density at radius 1 is 0.935 bits per heavy atom. The van der Waals surface area contributed by atoms with Gasteiger partial charge >= 0.3 is 0 Å². The molecule has 3 aromatic carbocycles. The van der Waals surface area contributed by atoms with E-state index in [2.05, 4.69) is 21.3 Å². The molecule has 0 heterocycles. The van der Waals surface area contributed by atoms with Gasteiger partial charge in [0.2, 0.25) is 0 Å². The molecule has 158 valence electrons. The van der Waals surface area contributed by atoms with Crippen LogP contribution in [0.25, 0.3) is 0 Å². The van der Waals surface area contributed by atoms with Crippen molar-refractivity contribution in [3.8, 4) is 0 Å². The van der Waals surface area contributed by atoms with Crippen molar-refractivity contribution in [3.63, 3.8) is 0 Å². The van der Waals surface area contributed by atoms with Crippen molar-refractivity contribution in [2.24, 2.45) is 5.10 Å². The van der Waals surface area contributed by atoms with Gasteiger partial charge in [0.25, 0.3) is 15.9 Å². The molecular weight excluding hydrogens is 434 g/mol. The minimum absolute atomic E-state index is 0.0224. The van der Waals surface area contributed by atoms with Crippen LogP contribution in [0.15, 0.2) is 82.8 Å². The second-order valence-corrected chi connectivity index (χ2v) is 9.27. The fraction of sp³-hybridized carbons (Fsp3) is 0.130. The standard InChI is InChI=1S/C23H20ClN3O3S/c24-18-11-13-19(14-12-18)27-31(29,30)20-8-3-7-17(15-20)23(28)26-25-22-10-4-6-16-5-1-2-9-21(16)22/h1-3,5,7-9,11-15,27H,4,6,10H2,(H,26,28)/b25-22+. The maximum atomic E-state index is 12.7. The van der Waals surface area contributed by atoms with E-state index in [4.69, 9.17) is 11.6 Å². The molecule has 0 saturated heterocycles. The molecule has 1 amide bonds. The van der Waals surface area contributed by atoms with Gasteiger partial charge in [0.15, 0.2) is 0 Å². The number of aryl methyl sites for hydroxylation is 1. The van der Waals surface area contributed by atoms with Gasteiger partial charge in [-0.1, -0.05) is 41.9 Å². The lowest BCUT2D eigenvalue weighted by atomic mass is 9.90. The SMILES string of the molecule is O=C(N/N=C1\CCCc2ccccc21)c1cccc(S(=O)(=O)Nc2ccc(Cl)cc2)c1. The van der Waals surface area contributed by atoms with Crippen LogP contribution < -0.4 is 10.1 Å². The second-order valence-electron chi connectivity index (χ2n) is 7.15. The number of nitrogens with one attached hydrogen (secondary N) is 2. The summed E-state index contributed by atoms with van der Waals surface area (Å²) in [5.41, 5.74) is 6.21. The summed E-state index contributed by atoms with van der Waals surface area (Å²) >= 11 is 5.84. The molecule has 0 aromatic heterocycles. The molecule has 1 aliphatic rings. The Labute approximate surface area is 186 Å². The number of hydrazone groups is 1. The molecule has 2 N–H and O–H groups in total. The lowest BCUT2D eigenvalue weighted by molar-refractivity contribution is 0.0954. The highest BCUT2D eigenvalue weighted by Crippen LogP contribution is 2.22. The van der Waals surface area contributed by atoms with E-state index in [1.807, 2.05) is 18.2 Å². The van der Waals surface area contributed by atoms with Crippen molar-refractivity contribution in [2.75, 3.05) is 4.72 Å². The molecule has 1 aliphatic carbocycles. The van der Waals surface area contributed by atoms with Gasteiger partial charge in [-0.2, -0.15) is 5.10 Å². The van der Waals surface area contributed by atoms with Crippen LogP contribution in [0.1, 0.15) is 34.3 Å². The number of hydrogen-bond acceptors (Lipinski definition) is 4. The zero-order valence-electron chi connectivity index (χ0n) is 16.5. The van der Waals surface area contributed by atoms with Gasteiger partial charge in [-0.05, 0) is 67.3 Å². The van der Waals surface area contributed by atoms with Crippen LogP contribution in [-0.4, -0.2) is 20.0 Å². The topological polar surface area (TPSA) is 87.6 Å². The molecule has 31 heavy (non-hydrogen) atoms. The molecule has 0 aliphatic heterocycles. The van der Waals surface area contributed by atoms with Crippen LogP contribution >= 0.6 is 11.6 Å². The van der Waals surface area contributed by atoms with E-state index in [-0.39, 0.29) is 10.5 Å². The fourth-order valence-electron chi connectivity index (χ4n) is 3.44. The summed E-state index contributed by atoms with van der Waals surface area (Å²) in [5, 5.41) is 4.81. The van der Waals surface area contributed by atoms with Gasteiger partial charge in [0.05, 0.1) is 10.6 Å². The second kappa shape index (κ2) is 8.91.